The Labute approximate surface area is 84.6 Å². The second-order valence-corrected chi connectivity index (χ2v) is 4.11. The minimum atomic E-state index is -0.423. The van der Waals surface area contributed by atoms with E-state index in [-0.39, 0.29) is 5.91 Å². The predicted molar refractivity (Wildman–Crippen MR) is 54.6 cm³/mol. The minimum absolute atomic E-state index is 0.00480. The molecule has 1 unspecified atom stereocenters. The summed E-state index contributed by atoms with van der Waals surface area (Å²) in [4.78, 5) is 13.2. The Bertz CT molecular complexity index is 223. The first-order valence-electron chi connectivity index (χ1n) is 4.73. The normalized spacial score (nSPS) is 19.2. The van der Waals surface area contributed by atoms with Crippen LogP contribution >= 0.6 is 11.6 Å². The molecule has 1 amide bonds. The largest absolute Gasteiger partial charge is 0.318 e. The highest BCUT2D eigenvalue weighted by Gasteiger charge is 2.18. The Kier molecular flexibility index (Phi) is 3.79. The first kappa shape index (κ1) is 10.6. The summed E-state index contributed by atoms with van der Waals surface area (Å²) in [6.45, 7) is 1.71. The van der Waals surface area contributed by atoms with Crippen LogP contribution in [0.4, 0.5) is 0 Å². The second-order valence-electron chi connectivity index (χ2n) is 3.45. The molecule has 0 N–H and O–H groups in total. The molecule has 0 spiro atoms. The number of carbonyl (C=O) groups is 1. The van der Waals surface area contributed by atoms with Crippen molar-refractivity contribution in [2.45, 2.75) is 38.0 Å². The van der Waals surface area contributed by atoms with Gasteiger partial charge in [0.1, 0.15) is 5.38 Å². The zero-order valence-corrected chi connectivity index (χ0v) is 8.97. The van der Waals surface area contributed by atoms with E-state index >= 15 is 0 Å². The van der Waals surface area contributed by atoms with E-state index in [4.69, 9.17) is 11.6 Å². The molecule has 1 atom stereocenters. The van der Waals surface area contributed by atoms with Crippen molar-refractivity contribution in [1.82, 2.24) is 4.90 Å². The van der Waals surface area contributed by atoms with Crippen molar-refractivity contribution in [2.75, 3.05) is 7.05 Å². The first-order valence-corrected chi connectivity index (χ1v) is 5.17. The van der Waals surface area contributed by atoms with E-state index in [2.05, 4.69) is 6.08 Å². The number of hydrogen-bond donors (Lipinski definition) is 0. The van der Waals surface area contributed by atoms with Crippen LogP contribution in [0.2, 0.25) is 0 Å². The van der Waals surface area contributed by atoms with E-state index in [0.717, 1.165) is 18.5 Å². The van der Waals surface area contributed by atoms with Crippen molar-refractivity contribution in [3.05, 3.63) is 11.8 Å². The van der Waals surface area contributed by atoms with E-state index in [0.29, 0.717) is 0 Å². The Hall–Kier alpha value is -0.500. The minimum Gasteiger partial charge on any atom is -0.318 e. The van der Waals surface area contributed by atoms with Crippen LogP contribution in [-0.4, -0.2) is 23.2 Å². The maximum Gasteiger partial charge on any atom is 0.244 e. The summed E-state index contributed by atoms with van der Waals surface area (Å²) in [5.74, 6) is -0.00480. The SMILES string of the molecule is CC(Cl)C(=O)N(C)C1=CCCCC1. The van der Waals surface area contributed by atoms with Gasteiger partial charge < -0.3 is 4.90 Å². The number of alkyl halides is 1. The molecule has 74 valence electrons. The molecule has 0 aromatic rings. The van der Waals surface area contributed by atoms with Crippen LogP contribution in [0, 0.1) is 0 Å². The molecule has 1 aliphatic carbocycles. The van der Waals surface area contributed by atoms with Crippen molar-refractivity contribution < 1.29 is 4.79 Å². The Morgan fingerprint density at radius 2 is 2.31 bits per heavy atom. The lowest BCUT2D eigenvalue weighted by atomic mass is 10.0. The molecule has 0 aromatic heterocycles. The van der Waals surface area contributed by atoms with E-state index in [9.17, 15) is 4.79 Å². The van der Waals surface area contributed by atoms with Gasteiger partial charge in [0.15, 0.2) is 0 Å². The second kappa shape index (κ2) is 4.66. The highest BCUT2D eigenvalue weighted by Crippen LogP contribution is 2.20. The fourth-order valence-corrected chi connectivity index (χ4v) is 1.68. The van der Waals surface area contributed by atoms with Crippen molar-refractivity contribution >= 4 is 17.5 Å². The topological polar surface area (TPSA) is 20.3 Å². The molecule has 0 heterocycles. The van der Waals surface area contributed by atoms with Gasteiger partial charge in [-0.15, -0.1) is 11.6 Å². The van der Waals surface area contributed by atoms with Gasteiger partial charge in [0.2, 0.25) is 5.91 Å². The van der Waals surface area contributed by atoms with E-state index < -0.39 is 5.38 Å². The van der Waals surface area contributed by atoms with Gasteiger partial charge in [-0.3, -0.25) is 4.79 Å². The first-order chi connectivity index (χ1) is 6.13. The van der Waals surface area contributed by atoms with Crippen molar-refractivity contribution in [3.8, 4) is 0 Å². The fraction of sp³-hybridized carbons (Fsp3) is 0.700. The molecule has 0 fully saturated rings. The lowest BCUT2D eigenvalue weighted by Gasteiger charge is -2.24. The highest BCUT2D eigenvalue weighted by molar-refractivity contribution is 6.30. The van der Waals surface area contributed by atoms with Crippen molar-refractivity contribution in [1.29, 1.82) is 0 Å². The number of hydrogen-bond acceptors (Lipinski definition) is 1. The summed E-state index contributed by atoms with van der Waals surface area (Å²) in [5.41, 5.74) is 1.13. The lowest BCUT2D eigenvalue weighted by Crippen LogP contribution is -2.32. The summed E-state index contributed by atoms with van der Waals surface area (Å²) in [6, 6.07) is 0. The third-order valence-corrected chi connectivity index (χ3v) is 2.56. The molecule has 0 bridgehead atoms. The van der Waals surface area contributed by atoms with Crippen LogP contribution in [0.3, 0.4) is 0 Å². The van der Waals surface area contributed by atoms with Gasteiger partial charge >= 0.3 is 0 Å². The molecule has 2 nitrogen and oxygen atoms in total. The van der Waals surface area contributed by atoms with Gasteiger partial charge in [-0.25, -0.2) is 0 Å². The molecule has 1 rings (SSSR count). The number of nitrogens with zero attached hydrogens (tertiary/aromatic N) is 1. The van der Waals surface area contributed by atoms with E-state index in [1.165, 1.54) is 12.8 Å². The third-order valence-electron chi connectivity index (χ3n) is 2.37. The van der Waals surface area contributed by atoms with E-state index in [1.54, 1.807) is 18.9 Å². The van der Waals surface area contributed by atoms with Gasteiger partial charge in [-0.1, -0.05) is 6.08 Å². The molecule has 0 saturated carbocycles. The summed E-state index contributed by atoms with van der Waals surface area (Å²) in [7, 11) is 1.80. The van der Waals surface area contributed by atoms with Gasteiger partial charge in [-0.2, -0.15) is 0 Å². The highest BCUT2D eigenvalue weighted by atomic mass is 35.5. The standard InChI is InChI=1S/C10H16ClNO/c1-8(11)10(13)12(2)9-6-4-3-5-7-9/h6,8H,3-5,7H2,1-2H3. The van der Waals surface area contributed by atoms with Crippen LogP contribution in [0.25, 0.3) is 0 Å². The molecule has 3 heteroatoms. The van der Waals surface area contributed by atoms with Gasteiger partial charge in [-0.05, 0) is 32.6 Å². The molecule has 0 aromatic carbocycles. The Morgan fingerprint density at radius 3 is 2.77 bits per heavy atom. The van der Waals surface area contributed by atoms with E-state index in [1.807, 2.05) is 0 Å². The van der Waals surface area contributed by atoms with Crippen LogP contribution in [0.15, 0.2) is 11.8 Å². The molecular formula is C10H16ClNO. The van der Waals surface area contributed by atoms with Crippen LogP contribution in [0.5, 0.6) is 0 Å². The van der Waals surface area contributed by atoms with Gasteiger partial charge in [0, 0.05) is 12.7 Å². The number of rotatable bonds is 2. The van der Waals surface area contributed by atoms with Crippen molar-refractivity contribution in [3.63, 3.8) is 0 Å². The summed E-state index contributed by atoms with van der Waals surface area (Å²) >= 11 is 5.72. The number of carbonyl (C=O) groups excluding carboxylic acids is 1. The quantitative estimate of drug-likeness (QED) is 0.629. The van der Waals surface area contributed by atoms with Crippen LogP contribution in [-0.2, 0) is 4.79 Å². The molecule has 13 heavy (non-hydrogen) atoms. The summed E-state index contributed by atoms with van der Waals surface area (Å²) < 4.78 is 0. The maximum absolute atomic E-state index is 11.5. The summed E-state index contributed by atoms with van der Waals surface area (Å²) in [5, 5.41) is -0.423. The average molecular weight is 202 g/mol. The van der Waals surface area contributed by atoms with Gasteiger partial charge in [0.25, 0.3) is 0 Å². The molecule has 0 radical (unpaired) electrons. The van der Waals surface area contributed by atoms with Crippen LogP contribution in [0.1, 0.15) is 32.6 Å². The van der Waals surface area contributed by atoms with Crippen LogP contribution < -0.4 is 0 Å². The third kappa shape index (κ3) is 2.73. The van der Waals surface area contributed by atoms with Gasteiger partial charge in [0.05, 0.1) is 0 Å². The predicted octanol–water partition coefficient (Wildman–Crippen LogP) is 2.53. The molecule has 0 saturated heterocycles. The lowest BCUT2D eigenvalue weighted by molar-refractivity contribution is -0.127. The Morgan fingerprint density at radius 1 is 1.62 bits per heavy atom. The zero-order chi connectivity index (χ0) is 9.84. The maximum atomic E-state index is 11.5. The monoisotopic (exact) mass is 201 g/mol. The molecular weight excluding hydrogens is 186 g/mol. The fourth-order valence-electron chi connectivity index (χ4n) is 1.53. The van der Waals surface area contributed by atoms with Crippen molar-refractivity contribution in [2.24, 2.45) is 0 Å². The smallest absolute Gasteiger partial charge is 0.244 e. The number of allylic oxidation sites excluding steroid dienone is 2. The summed E-state index contributed by atoms with van der Waals surface area (Å²) in [6.07, 6.45) is 6.65. The number of halogens is 1. The molecule has 0 aliphatic heterocycles. The number of amides is 1. The average Bonchev–Trinajstić information content (AvgIpc) is 2.17. The Balaban J connectivity index is 2.60. The molecule has 1 aliphatic rings. The zero-order valence-electron chi connectivity index (χ0n) is 8.22.